The zero-order valence-corrected chi connectivity index (χ0v) is 21.3. The van der Waals surface area contributed by atoms with Gasteiger partial charge in [0.15, 0.2) is 0 Å². The van der Waals surface area contributed by atoms with E-state index in [1.165, 1.54) is 55.9 Å². The van der Waals surface area contributed by atoms with Crippen LogP contribution in [0.3, 0.4) is 0 Å². The van der Waals surface area contributed by atoms with Crippen molar-refractivity contribution >= 4 is 22.4 Å². The van der Waals surface area contributed by atoms with Crippen molar-refractivity contribution in [2.24, 2.45) is 0 Å². The van der Waals surface area contributed by atoms with E-state index >= 15 is 0 Å². The molecule has 1 aliphatic heterocycles. The van der Waals surface area contributed by atoms with Crippen molar-refractivity contribution in [2.45, 2.75) is 84.6 Å². The number of carbonyl (C=O) groups excluding carboxylic acids is 1. The molecule has 2 aromatic rings. The molecule has 1 saturated carbocycles. The van der Waals surface area contributed by atoms with E-state index in [9.17, 15) is 4.79 Å². The van der Waals surface area contributed by atoms with Crippen molar-refractivity contribution < 1.29 is 13.9 Å². The van der Waals surface area contributed by atoms with Crippen LogP contribution in [0.25, 0.3) is 16.5 Å². The maximum Gasteiger partial charge on any atom is 0.246 e. The van der Waals surface area contributed by atoms with Gasteiger partial charge >= 0.3 is 0 Å². The number of aryl methyl sites for hydroxylation is 3. The fourth-order valence-electron chi connectivity index (χ4n) is 6.27. The summed E-state index contributed by atoms with van der Waals surface area (Å²) < 4.78 is 12.4. The van der Waals surface area contributed by atoms with Gasteiger partial charge in [-0.3, -0.25) is 9.69 Å². The summed E-state index contributed by atoms with van der Waals surface area (Å²) in [6.07, 6.45) is 13.1. The molecule has 5 rings (SSSR count). The number of allylic oxidation sites excluding steroid dienone is 1. The van der Waals surface area contributed by atoms with Gasteiger partial charge in [0.05, 0.1) is 6.61 Å². The Morgan fingerprint density at radius 2 is 1.82 bits per heavy atom. The van der Waals surface area contributed by atoms with Crippen LogP contribution >= 0.6 is 0 Å². The molecule has 1 aromatic heterocycles. The van der Waals surface area contributed by atoms with E-state index in [1.807, 2.05) is 24.8 Å². The Morgan fingerprint density at radius 3 is 2.56 bits per heavy atom. The first-order valence-corrected chi connectivity index (χ1v) is 13.5. The summed E-state index contributed by atoms with van der Waals surface area (Å²) in [6, 6.07) is 2.94. The first-order chi connectivity index (χ1) is 16.6. The minimum Gasteiger partial charge on any atom is -0.493 e. The van der Waals surface area contributed by atoms with Crippen molar-refractivity contribution in [3.05, 3.63) is 34.6 Å². The Hall–Kier alpha value is -2.27. The molecule has 0 radical (unpaired) electrons. The van der Waals surface area contributed by atoms with Crippen LogP contribution in [0, 0.1) is 6.92 Å². The lowest BCUT2D eigenvalue weighted by Crippen LogP contribution is -2.52. The first kappa shape index (κ1) is 23.5. The van der Waals surface area contributed by atoms with Crippen LogP contribution < -0.4 is 4.74 Å². The maximum absolute atomic E-state index is 13.2. The van der Waals surface area contributed by atoms with Gasteiger partial charge in [-0.05, 0) is 64.5 Å². The number of hydrogen-bond acceptors (Lipinski definition) is 4. The van der Waals surface area contributed by atoms with Crippen LogP contribution in [-0.4, -0.2) is 54.5 Å². The lowest BCUT2D eigenvalue weighted by atomic mass is 9.92. The zero-order valence-electron chi connectivity index (χ0n) is 21.3. The lowest BCUT2D eigenvalue weighted by Gasteiger charge is -2.40. The quantitative estimate of drug-likeness (QED) is 0.517. The van der Waals surface area contributed by atoms with Crippen LogP contribution in [0.2, 0.25) is 0 Å². The van der Waals surface area contributed by atoms with Crippen molar-refractivity contribution in [1.29, 1.82) is 0 Å². The number of hydrogen-bond donors (Lipinski definition) is 0. The SMILES string of the molecule is CCOc1c(/C(C)=C/C(=O)N2CCN(C3CCCCC3)CC2)cc2c3c(oc2c1C)CCCC3. The van der Waals surface area contributed by atoms with Crippen LogP contribution in [0.5, 0.6) is 5.75 Å². The Kier molecular flexibility index (Phi) is 7.01. The summed E-state index contributed by atoms with van der Waals surface area (Å²) in [7, 11) is 0. The average molecular weight is 465 g/mol. The Labute approximate surface area is 204 Å². The molecule has 184 valence electrons. The van der Waals surface area contributed by atoms with E-state index in [1.54, 1.807) is 0 Å². The molecule has 1 aromatic carbocycles. The zero-order chi connectivity index (χ0) is 23.7. The minimum absolute atomic E-state index is 0.121. The molecule has 2 fully saturated rings. The highest BCUT2D eigenvalue weighted by Crippen LogP contribution is 2.41. The number of amides is 1. The van der Waals surface area contributed by atoms with E-state index in [0.29, 0.717) is 6.61 Å². The maximum atomic E-state index is 13.2. The molecule has 0 unspecified atom stereocenters. The molecule has 0 atom stereocenters. The number of piperazine rings is 1. The molecule has 0 N–H and O–H groups in total. The molecule has 1 amide bonds. The summed E-state index contributed by atoms with van der Waals surface area (Å²) in [5.41, 5.74) is 5.35. The topological polar surface area (TPSA) is 45.9 Å². The molecule has 0 bridgehead atoms. The van der Waals surface area contributed by atoms with Crippen molar-refractivity contribution in [2.75, 3.05) is 32.8 Å². The first-order valence-electron chi connectivity index (χ1n) is 13.5. The second kappa shape index (κ2) is 10.2. The number of nitrogens with zero attached hydrogens (tertiary/aromatic N) is 2. The predicted octanol–water partition coefficient (Wildman–Crippen LogP) is 5.90. The number of fused-ring (bicyclic) bond motifs is 3. The van der Waals surface area contributed by atoms with E-state index in [0.717, 1.165) is 78.9 Å². The molecule has 2 heterocycles. The molecule has 3 aliphatic rings. The molecule has 5 nitrogen and oxygen atoms in total. The molecule has 1 saturated heterocycles. The number of benzene rings is 1. The van der Waals surface area contributed by atoms with Gasteiger partial charge in [-0.15, -0.1) is 0 Å². The van der Waals surface area contributed by atoms with E-state index in [-0.39, 0.29) is 5.91 Å². The third kappa shape index (κ3) is 4.51. The van der Waals surface area contributed by atoms with E-state index < -0.39 is 0 Å². The van der Waals surface area contributed by atoms with Crippen LogP contribution in [0.1, 0.15) is 81.2 Å². The number of furan rings is 1. The highest BCUT2D eigenvalue weighted by Gasteiger charge is 2.27. The Morgan fingerprint density at radius 1 is 1.09 bits per heavy atom. The third-order valence-corrected chi connectivity index (χ3v) is 8.20. The fraction of sp³-hybridized carbons (Fsp3) is 0.621. The summed E-state index contributed by atoms with van der Waals surface area (Å²) in [5.74, 6) is 2.11. The Bertz CT molecular complexity index is 1070. The summed E-state index contributed by atoms with van der Waals surface area (Å²) in [6.45, 7) is 10.4. The molecule has 2 aliphatic carbocycles. The number of ether oxygens (including phenoxy) is 1. The van der Waals surface area contributed by atoms with Crippen LogP contribution in [0.15, 0.2) is 16.6 Å². The minimum atomic E-state index is 0.121. The van der Waals surface area contributed by atoms with Crippen molar-refractivity contribution in [1.82, 2.24) is 9.80 Å². The second-order valence-corrected chi connectivity index (χ2v) is 10.4. The van der Waals surface area contributed by atoms with Gasteiger partial charge in [-0.2, -0.15) is 0 Å². The summed E-state index contributed by atoms with van der Waals surface area (Å²) in [4.78, 5) is 17.9. The van der Waals surface area contributed by atoms with Crippen molar-refractivity contribution in [3.63, 3.8) is 0 Å². The number of rotatable bonds is 5. The average Bonchev–Trinajstić information content (AvgIpc) is 3.25. The van der Waals surface area contributed by atoms with Gasteiger partial charge in [0.2, 0.25) is 5.91 Å². The van der Waals surface area contributed by atoms with Gasteiger partial charge in [0, 0.05) is 66.8 Å². The molecule has 5 heteroatoms. The predicted molar refractivity (Wildman–Crippen MR) is 137 cm³/mol. The van der Waals surface area contributed by atoms with Gasteiger partial charge in [0.25, 0.3) is 0 Å². The van der Waals surface area contributed by atoms with Gasteiger partial charge in [0.1, 0.15) is 17.1 Å². The highest BCUT2D eigenvalue weighted by atomic mass is 16.5. The number of carbonyl (C=O) groups is 1. The summed E-state index contributed by atoms with van der Waals surface area (Å²) in [5, 5.41) is 1.20. The molecule has 34 heavy (non-hydrogen) atoms. The molecular formula is C29H40N2O3. The monoisotopic (exact) mass is 464 g/mol. The van der Waals surface area contributed by atoms with Crippen LogP contribution in [-0.2, 0) is 17.6 Å². The Balaban J connectivity index is 1.37. The van der Waals surface area contributed by atoms with E-state index in [2.05, 4.69) is 17.9 Å². The standard InChI is InChI=1S/C29H40N2O3/c1-4-33-28-21(3)29-25(23-12-8-9-13-26(23)34-29)19-24(28)20(2)18-27(32)31-16-14-30(15-17-31)22-10-6-5-7-11-22/h18-19,22H,4-17H2,1-3H3/b20-18+. The van der Waals surface area contributed by atoms with Crippen molar-refractivity contribution in [3.8, 4) is 5.75 Å². The third-order valence-electron chi connectivity index (χ3n) is 8.20. The normalized spacial score (nSPS) is 20.6. The van der Waals surface area contributed by atoms with Gasteiger partial charge < -0.3 is 14.1 Å². The van der Waals surface area contributed by atoms with Gasteiger partial charge in [-0.1, -0.05) is 19.3 Å². The fourth-order valence-corrected chi connectivity index (χ4v) is 6.27. The largest absolute Gasteiger partial charge is 0.493 e. The molecular weight excluding hydrogens is 424 g/mol. The van der Waals surface area contributed by atoms with E-state index in [4.69, 9.17) is 9.15 Å². The smallest absolute Gasteiger partial charge is 0.246 e. The lowest BCUT2D eigenvalue weighted by molar-refractivity contribution is -0.128. The second-order valence-electron chi connectivity index (χ2n) is 10.4. The van der Waals surface area contributed by atoms with Gasteiger partial charge in [-0.25, -0.2) is 0 Å². The summed E-state index contributed by atoms with van der Waals surface area (Å²) >= 11 is 0. The highest BCUT2D eigenvalue weighted by molar-refractivity contribution is 5.98. The molecule has 0 spiro atoms. The van der Waals surface area contributed by atoms with Crippen LogP contribution in [0.4, 0.5) is 0 Å².